The lowest BCUT2D eigenvalue weighted by Gasteiger charge is -2.29. The summed E-state index contributed by atoms with van der Waals surface area (Å²) in [7, 11) is 3.35. The van der Waals surface area contributed by atoms with Crippen molar-refractivity contribution < 1.29 is 23.0 Å². The Kier molecular flexibility index (Phi) is 5.56. The number of rotatable bonds is 6. The maximum atomic E-state index is 12.7. The minimum Gasteiger partial charge on any atom is -0.384 e. The molecule has 3 nitrogen and oxygen atoms in total. The van der Waals surface area contributed by atoms with Crippen LogP contribution < -0.4 is 0 Å². The van der Waals surface area contributed by atoms with E-state index >= 15 is 0 Å². The summed E-state index contributed by atoms with van der Waals surface area (Å²) in [6.07, 6.45) is -4.41. The highest BCUT2D eigenvalue weighted by Crippen LogP contribution is 2.32. The summed E-state index contributed by atoms with van der Waals surface area (Å²) in [5.41, 5.74) is -1.87. The first kappa shape index (κ1) is 16.9. The van der Waals surface area contributed by atoms with Gasteiger partial charge >= 0.3 is 6.18 Å². The molecule has 1 atom stereocenters. The summed E-state index contributed by atoms with van der Waals surface area (Å²) < 4.78 is 43.0. The molecule has 0 fully saturated rings. The third kappa shape index (κ3) is 4.77. The van der Waals surface area contributed by atoms with Gasteiger partial charge in [-0.15, -0.1) is 0 Å². The van der Waals surface area contributed by atoms with Crippen LogP contribution in [0.2, 0.25) is 0 Å². The van der Waals surface area contributed by atoms with Crippen LogP contribution in [0.5, 0.6) is 0 Å². The first-order valence-corrected chi connectivity index (χ1v) is 6.24. The molecule has 0 radical (unpaired) electrons. The van der Waals surface area contributed by atoms with Gasteiger partial charge in [-0.25, -0.2) is 0 Å². The number of hydrogen-bond acceptors (Lipinski definition) is 3. The zero-order valence-electron chi connectivity index (χ0n) is 11.9. The standard InChI is InChI=1S/C14H20F3NO2/c1-13(19,10-18(2)7-8-20-3)11-5-4-6-12(9-11)14(15,16)17/h4-6,9,19H,7-8,10H2,1-3H3. The maximum absolute atomic E-state index is 12.7. The molecule has 20 heavy (non-hydrogen) atoms. The monoisotopic (exact) mass is 291 g/mol. The van der Waals surface area contributed by atoms with E-state index in [2.05, 4.69) is 0 Å². The highest BCUT2D eigenvalue weighted by Gasteiger charge is 2.33. The largest absolute Gasteiger partial charge is 0.416 e. The summed E-state index contributed by atoms with van der Waals surface area (Å²) in [6.45, 7) is 2.81. The minimum atomic E-state index is -4.41. The van der Waals surface area contributed by atoms with E-state index in [1.165, 1.54) is 19.1 Å². The Morgan fingerprint density at radius 3 is 2.40 bits per heavy atom. The number of benzene rings is 1. The first-order valence-electron chi connectivity index (χ1n) is 6.24. The molecular formula is C14H20F3NO2. The summed E-state index contributed by atoms with van der Waals surface area (Å²) in [5.74, 6) is 0. The Hall–Kier alpha value is -1.11. The quantitative estimate of drug-likeness (QED) is 0.874. The maximum Gasteiger partial charge on any atom is 0.416 e. The molecule has 0 spiro atoms. The number of halogens is 3. The minimum absolute atomic E-state index is 0.220. The van der Waals surface area contributed by atoms with Crippen molar-refractivity contribution in [2.24, 2.45) is 0 Å². The summed E-state index contributed by atoms with van der Waals surface area (Å²) >= 11 is 0. The lowest BCUT2D eigenvalue weighted by molar-refractivity contribution is -0.137. The van der Waals surface area contributed by atoms with E-state index in [9.17, 15) is 18.3 Å². The molecule has 1 aromatic carbocycles. The number of ether oxygens (including phenoxy) is 1. The molecule has 0 heterocycles. The van der Waals surface area contributed by atoms with E-state index < -0.39 is 17.3 Å². The van der Waals surface area contributed by atoms with Crippen molar-refractivity contribution in [2.75, 3.05) is 33.9 Å². The van der Waals surface area contributed by atoms with Crippen LogP contribution in [0.4, 0.5) is 13.2 Å². The molecule has 1 unspecified atom stereocenters. The third-order valence-electron chi connectivity index (χ3n) is 3.07. The third-order valence-corrected chi connectivity index (χ3v) is 3.07. The zero-order valence-corrected chi connectivity index (χ0v) is 11.9. The van der Waals surface area contributed by atoms with Gasteiger partial charge in [0.25, 0.3) is 0 Å². The van der Waals surface area contributed by atoms with Crippen LogP contribution in [-0.4, -0.2) is 43.9 Å². The summed E-state index contributed by atoms with van der Waals surface area (Å²) in [6, 6.07) is 4.79. The molecule has 1 N–H and O–H groups in total. The van der Waals surface area contributed by atoms with Gasteiger partial charge in [-0.1, -0.05) is 12.1 Å². The van der Waals surface area contributed by atoms with Gasteiger partial charge in [-0.2, -0.15) is 13.2 Å². The van der Waals surface area contributed by atoms with Gasteiger partial charge in [0.1, 0.15) is 0 Å². The Labute approximate surface area is 117 Å². The molecule has 0 aromatic heterocycles. The Balaban J connectivity index is 2.86. The number of aliphatic hydroxyl groups is 1. The zero-order chi connectivity index (χ0) is 15.4. The molecule has 6 heteroatoms. The van der Waals surface area contributed by atoms with Gasteiger partial charge in [-0.3, -0.25) is 0 Å². The molecule has 0 aliphatic rings. The molecule has 0 bridgehead atoms. The van der Waals surface area contributed by atoms with Crippen molar-refractivity contribution in [3.63, 3.8) is 0 Å². The van der Waals surface area contributed by atoms with Gasteiger partial charge < -0.3 is 14.7 Å². The summed E-state index contributed by atoms with van der Waals surface area (Å²) in [5, 5.41) is 10.4. The second kappa shape index (κ2) is 6.56. The van der Waals surface area contributed by atoms with Crippen LogP contribution in [0.15, 0.2) is 24.3 Å². The summed E-state index contributed by atoms with van der Waals surface area (Å²) in [4.78, 5) is 1.81. The molecule has 0 saturated carbocycles. The molecular weight excluding hydrogens is 271 g/mol. The van der Waals surface area contributed by atoms with Crippen molar-refractivity contribution in [1.29, 1.82) is 0 Å². The van der Waals surface area contributed by atoms with Gasteiger partial charge in [0.15, 0.2) is 0 Å². The van der Waals surface area contributed by atoms with Crippen LogP contribution >= 0.6 is 0 Å². The Bertz CT molecular complexity index is 433. The molecule has 0 saturated heterocycles. The van der Waals surface area contributed by atoms with Gasteiger partial charge in [0.2, 0.25) is 0 Å². The van der Waals surface area contributed by atoms with Crippen molar-refractivity contribution in [2.45, 2.75) is 18.7 Å². The molecule has 0 aliphatic carbocycles. The van der Waals surface area contributed by atoms with Crippen molar-refractivity contribution in [3.8, 4) is 0 Å². The van der Waals surface area contributed by atoms with E-state index in [0.717, 1.165) is 12.1 Å². The normalized spacial score (nSPS) is 15.4. The van der Waals surface area contributed by atoms with Gasteiger partial charge in [0.05, 0.1) is 17.8 Å². The smallest absolute Gasteiger partial charge is 0.384 e. The predicted molar refractivity (Wildman–Crippen MR) is 70.4 cm³/mol. The second-order valence-corrected chi connectivity index (χ2v) is 5.08. The fourth-order valence-electron chi connectivity index (χ4n) is 1.97. The van der Waals surface area contributed by atoms with E-state index in [1.54, 1.807) is 14.2 Å². The van der Waals surface area contributed by atoms with Crippen molar-refractivity contribution >= 4 is 0 Å². The first-order chi connectivity index (χ1) is 9.16. The molecule has 1 rings (SSSR count). The van der Waals surface area contributed by atoms with Crippen molar-refractivity contribution in [1.82, 2.24) is 4.90 Å². The topological polar surface area (TPSA) is 32.7 Å². The SMILES string of the molecule is COCCN(C)CC(C)(O)c1cccc(C(F)(F)F)c1. The van der Waals surface area contributed by atoms with Crippen LogP contribution in [0.1, 0.15) is 18.1 Å². The average Bonchev–Trinajstić information content (AvgIpc) is 2.35. The highest BCUT2D eigenvalue weighted by atomic mass is 19.4. The fourth-order valence-corrected chi connectivity index (χ4v) is 1.97. The second-order valence-electron chi connectivity index (χ2n) is 5.08. The predicted octanol–water partition coefficient (Wildman–Crippen LogP) is 2.49. The fraction of sp³-hybridized carbons (Fsp3) is 0.571. The number of alkyl halides is 3. The number of likely N-dealkylation sites (N-methyl/N-ethyl adjacent to an activating group) is 1. The lowest BCUT2D eigenvalue weighted by atomic mass is 9.94. The molecule has 1 aromatic rings. The highest BCUT2D eigenvalue weighted by molar-refractivity contribution is 5.29. The molecule has 114 valence electrons. The van der Waals surface area contributed by atoms with Gasteiger partial charge in [-0.05, 0) is 31.7 Å². The van der Waals surface area contributed by atoms with Gasteiger partial charge in [0, 0.05) is 20.2 Å². The number of nitrogens with zero attached hydrogens (tertiary/aromatic N) is 1. The number of methoxy groups -OCH3 is 1. The Morgan fingerprint density at radius 1 is 1.25 bits per heavy atom. The van der Waals surface area contributed by atoms with E-state index in [1.807, 2.05) is 4.90 Å². The average molecular weight is 291 g/mol. The molecule has 0 aliphatic heterocycles. The van der Waals surface area contributed by atoms with Crippen LogP contribution in [0, 0.1) is 0 Å². The van der Waals surface area contributed by atoms with Crippen LogP contribution in [0.3, 0.4) is 0 Å². The van der Waals surface area contributed by atoms with E-state index in [4.69, 9.17) is 4.74 Å². The number of hydrogen-bond donors (Lipinski definition) is 1. The van der Waals surface area contributed by atoms with Crippen LogP contribution in [-0.2, 0) is 16.5 Å². The van der Waals surface area contributed by atoms with E-state index in [-0.39, 0.29) is 12.1 Å². The van der Waals surface area contributed by atoms with E-state index in [0.29, 0.717) is 13.2 Å². The van der Waals surface area contributed by atoms with Crippen molar-refractivity contribution in [3.05, 3.63) is 35.4 Å². The molecule has 0 amide bonds. The van der Waals surface area contributed by atoms with Crippen LogP contribution in [0.25, 0.3) is 0 Å². The lowest BCUT2D eigenvalue weighted by Crippen LogP contribution is -2.38. The Morgan fingerprint density at radius 2 is 1.85 bits per heavy atom.